The molecule has 0 aliphatic heterocycles. The number of benzene rings is 1. The van der Waals surface area contributed by atoms with Crippen molar-refractivity contribution in [2.45, 2.75) is 19.4 Å². The highest BCUT2D eigenvalue weighted by molar-refractivity contribution is 9.10. The minimum Gasteiger partial charge on any atom is -0.388 e. The quantitative estimate of drug-likeness (QED) is 0.832. The normalized spacial score (nSPS) is 13.0. The average molecular weight is 233 g/mol. The molecule has 1 nitrogen and oxygen atoms in total. The maximum Gasteiger partial charge on any atom is 0.137 e. The molecule has 0 fully saturated rings. The fraction of sp³-hybridized carbons (Fsp3) is 0.333. The van der Waals surface area contributed by atoms with E-state index in [1.165, 1.54) is 6.07 Å². The summed E-state index contributed by atoms with van der Waals surface area (Å²) in [6.07, 6.45) is 0.139. The SMILES string of the molecule is CC[C@H](O)c1ccc(F)c(Br)c1. The zero-order valence-corrected chi connectivity index (χ0v) is 8.31. The molecule has 1 rings (SSSR count). The lowest BCUT2D eigenvalue weighted by Gasteiger charge is -2.07. The van der Waals surface area contributed by atoms with Crippen molar-refractivity contribution in [1.29, 1.82) is 0 Å². The Balaban J connectivity index is 2.96. The van der Waals surface area contributed by atoms with Crippen LogP contribution in [0.4, 0.5) is 4.39 Å². The molecule has 1 N–H and O–H groups in total. The van der Waals surface area contributed by atoms with E-state index in [4.69, 9.17) is 0 Å². The van der Waals surface area contributed by atoms with Crippen molar-refractivity contribution >= 4 is 15.9 Å². The van der Waals surface area contributed by atoms with Gasteiger partial charge in [0.1, 0.15) is 5.82 Å². The molecule has 0 aromatic heterocycles. The molecule has 0 unspecified atom stereocenters. The second-order valence-electron chi connectivity index (χ2n) is 2.60. The molecule has 0 radical (unpaired) electrons. The van der Waals surface area contributed by atoms with Gasteiger partial charge in [-0.25, -0.2) is 4.39 Å². The third-order valence-corrected chi connectivity index (χ3v) is 2.32. The lowest BCUT2D eigenvalue weighted by molar-refractivity contribution is 0.173. The summed E-state index contributed by atoms with van der Waals surface area (Å²) in [6, 6.07) is 4.54. The van der Waals surface area contributed by atoms with Gasteiger partial charge in [0.15, 0.2) is 0 Å². The van der Waals surface area contributed by atoms with Crippen molar-refractivity contribution in [3.05, 3.63) is 34.1 Å². The summed E-state index contributed by atoms with van der Waals surface area (Å²) in [5.41, 5.74) is 0.741. The van der Waals surface area contributed by atoms with Gasteiger partial charge in [0, 0.05) is 0 Å². The van der Waals surface area contributed by atoms with Crippen molar-refractivity contribution < 1.29 is 9.50 Å². The topological polar surface area (TPSA) is 20.2 Å². The van der Waals surface area contributed by atoms with Gasteiger partial charge in [-0.15, -0.1) is 0 Å². The molecule has 0 spiro atoms. The van der Waals surface area contributed by atoms with Crippen LogP contribution in [0.2, 0.25) is 0 Å². The van der Waals surface area contributed by atoms with Gasteiger partial charge in [0.25, 0.3) is 0 Å². The molecule has 0 aliphatic carbocycles. The summed E-state index contributed by atoms with van der Waals surface area (Å²) in [5, 5.41) is 9.40. The van der Waals surface area contributed by atoms with Crippen LogP contribution in [0.15, 0.2) is 22.7 Å². The van der Waals surface area contributed by atoms with Crippen molar-refractivity contribution in [3.8, 4) is 0 Å². The fourth-order valence-corrected chi connectivity index (χ4v) is 1.35. The van der Waals surface area contributed by atoms with Gasteiger partial charge in [-0.1, -0.05) is 13.0 Å². The molecule has 66 valence electrons. The van der Waals surface area contributed by atoms with E-state index in [1.807, 2.05) is 6.92 Å². The van der Waals surface area contributed by atoms with E-state index in [-0.39, 0.29) is 5.82 Å². The number of rotatable bonds is 2. The lowest BCUT2D eigenvalue weighted by Crippen LogP contribution is -1.95. The van der Waals surface area contributed by atoms with Gasteiger partial charge in [0.05, 0.1) is 10.6 Å². The maximum atomic E-state index is 12.7. The minimum atomic E-state index is -0.498. The third-order valence-electron chi connectivity index (χ3n) is 1.72. The highest BCUT2D eigenvalue weighted by Crippen LogP contribution is 2.22. The molecule has 0 saturated heterocycles. The Bertz CT molecular complexity index is 275. The molecule has 0 aliphatic rings. The first-order chi connectivity index (χ1) is 5.65. The summed E-state index contributed by atoms with van der Waals surface area (Å²) in [5.74, 6) is -0.304. The Hall–Kier alpha value is -0.410. The summed E-state index contributed by atoms with van der Waals surface area (Å²) in [4.78, 5) is 0. The molecule has 0 heterocycles. The van der Waals surface area contributed by atoms with Gasteiger partial charge >= 0.3 is 0 Å². The van der Waals surface area contributed by atoms with Crippen LogP contribution in [-0.2, 0) is 0 Å². The van der Waals surface area contributed by atoms with Crippen LogP contribution >= 0.6 is 15.9 Å². The molecule has 3 heteroatoms. The molecular weight excluding hydrogens is 223 g/mol. The van der Waals surface area contributed by atoms with Crippen LogP contribution in [0, 0.1) is 5.82 Å². The van der Waals surface area contributed by atoms with Gasteiger partial charge in [0.2, 0.25) is 0 Å². The Morgan fingerprint density at radius 1 is 1.58 bits per heavy atom. The fourth-order valence-electron chi connectivity index (χ4n) is 0.955. The van der Waals surface area contributed by atoms with Crippen LogP contribution in [0.3, 0.4) is 0 Å². The van der Waals surface area contributed by atoms with E-state index >= 15 is 0 Å². The second-order valence-corrected chi connectivity index (χ2v) is 3.45. The number of hydrogen-bond donors (Lipinski definition) is 1. The largest absolute Gasteiger partial charge is 0.388 e. The van der Waals surface area contributed by atoms with Crippen molar-refractivity contribution in [3.63, 3.8) is 0 Å². The maximum absolute atomic E-state index is 12.7. The molecule has 1 aromatic carbocycles. The van der Waals surface area contributed by atoms with E-state index < -0.39 is 6.10 Å². The molecule has 12 heavy (non-hydrogen) atoms. The van der Waals surface area contributed by atoms with Crippen LogP contribution < -0.4 is 0 Å². The van der Waals surface area contributed by atoms with Crippen molar-refractivity contribution in [2.75, 3.05) is 0 Å². The van der Waals surface area contributed by atoms with E-state index in [0.717, 1.165) is 5.56 Å². The molecule has 0 saturated carbocycles. The minimum absolute atomic E-state index is 0.304. The smallest absolute Gasteiger partial charge is 0.137 e. The zero-order valence-electron chi connectivity index (χ0n) is 6.72. The Kier molecular flexibility index (Phi) is 3.23. The predicted octanol–water partition coefficient (Wildman–Crippen LogP) is 3.03. The van der Waals surface area contributed by atoms with Crippen molar-refractivity contribution in [1.82, 2.24) is 0 Å². The first kappa shape index (κ1) is 9.68. The Morgan fingerprint density at radius 2 is 2.25 bits per heavy atom. The van der Waals surface area contributed by atoms with Gasteiger partial charge in [-0.05, 0) is 40.0 Å². The second kappa shape index (κ2) is 4.01. The molecule has 0 bridgehead atoms. The Labute approximate surface area is 79.4 Å². The number of hydrogen-bond acceptors (Lipinski definition) is 1. The van der Waals surface area contributed by atoms with E-state index in [1.54, 1.807) is 12.1 Å². The van der Waals surface area contributed by atoms with E-state index in [0.29, 0.717) is 10.9 Å². The zero-order chi connectivity index (χ0) is 9.14. The monoisotopic (exact) mass is 232 g/mol. The van der Waals surface area contributed by atoms with Crippen LogP contribution in [0.25, 0.3) is 0 Å². The van der Waals surface area contributed by atoms with Gasteiger partial charge in [-0.3, -0.25) is 0 Å². The first-order valence-corrected chi connectivity index (χ1v) is 4.57. The predicted molar refractivity (Wildman–Crippen MR) is 49.4 cm³/mol. The molecular formula is C9H10BrFO. The molecule has 0 amide bonds. The molecule has 1 atom stereocenters. The standard InChI is InChI=1S/C9H10BrFO/c1-2-9(12)6-3-4-8(11)7(10)5-6/h3-5,9,12H,2H2,1H3/t9-/m0/s1. The highest BCUT2D eigenvalue weighted by atomic mass is 79.9. The highest BCUT2D eigenvalue weighted by Gasteiger charge is 2.06. The van der Waals surface area contributed by atoms with Crippen LogP contribution in [-0.4, -0.2) is 5.11 Å². The number of aliphatic hydroxyl groups is 1. The van der Waals surface area contributed by atoms with Gasteiger partial charge < -0.3 is 5.11 Å². The summed E-state index contributed by atoms with van der Waals surface area (Å²) >= 11 is 3.06. The Morgan fingerprint density at radius 3 is 2.75 bits per heavy atom. The average Bonchev–Trinajstić information content (AvgIpc) is 2.08. The summed E-state index contributed by atoms with van der Waals surface area (Å²) in [7, 11) is 0. The van der Waals surface area contributed by atoms with Crippen LogP contribution in [0.5, 0.6) is 0 Å². The lowest BCUT2D eigenvalue weighted by atomic mass is 10.1. The number of aliphatic hydroxyl groups excluding tert-OH is 1. The first-order valence-electron chi connectivity index (χ1n) is 3.78. The van der Waals surface area contributed by atoms with E-state index in [9.17, 15) is 9.50 Å². The van der Waals surface area contributed by atoms with E-state index in [2.05, 4.69) is 15.9 Å². The number of halogens is 2. The summed E-state index contributed by atoms with van der Waals surface area (Å²) in [6.45, 7) is 1.88. The van der Waals surface area contributed by atoms with Gasteiger partial charge in [-0.2, -0.15) is 0 Å². The summed E-state index contributed by atoms with van der Waals surface area (Å²) < 4.78 is 13.1. The molecule has 1 aromatic rings. The van der Waals surface area contributed by atoms with Crippen molar-refractivity contribution in [2.24, 2.45) is 0 Å². The van der Waals surface area contributed by atoms with Crippen LogP contribution in [0.1, 0.15) is 25.0 Å². The third kappa shape index (κ3) is 2.05.